The lowest BCUT2D eigenvalue weighted by Crippen LogP contribution is -2.52. The van der Waals surface area contributed by atoms with Gasteiger partial charge in [-0.05, 0) is 77.1 Å². The molecule has 6 rings (SSSR count). The van der Waals surface area contributed by atoms with Crippen molar-refractivity contribution in [3.8, 4) is 11.5 Å². The van der Waals surface area contributed by atoms with E-state index in [1.54, 1.807) is 24.3 Å². The van der Waals surface area contributed by atoms with E-state index in [4.69, 9.17) is 30.5 Å². The van der Waals surface area contributed by atoms with Crippen LogP contribution in [-0.2, 0) is 35.1 Å². The fourth-order valence-electron chi connectivity index (χ4n) is 7.17. The summed E-state index contributed by atoms with van der Waals surface area (Å²) in [4.78, 5) is 50.8. The van der Waals surface area contributed by atoms with Crippen molar-refractivity contribution in [3.63, 3.8) is 0 Å². The van der Waals surface area contributed by atoms with E-state index >= 15 is 0 Å². The summed E-state index contributed by atoms with van der Waals surface area (Å²) < 4.78 is 22.7. The number of anilines is 1. The van der Waals surface area contributed by atoms with Crippen LogP contribution in [0, 0.1) is 0 Å². The monoisotopic (exact) mass is 838 g/mol. The van der Waals surface area contributed by atoms with Gasteiger partial charge < -0.3 is 39.6 Å². The molecule has 316 valence electrons. The van der Waals surface area contributed by atoms with Gasteiger partial charge in [-0.15, -0.1) is 11.6 Å². The first-order chi connectivity index (χ1) is 29.3. The summed E-state index contributed by atoms with van der Waals surface area (Å²) in [7, 11) is 0. The largest absolute Gasteiger partial charge is 0.508 e. The topological polar surface area (TPSA) is 165 Å². The Morgan fingerprint density at radius 3 is 2.13 bits per heavy atom. The molecule has 0 aliphatic carbocycles. The van der Waals surface area contributed by atoms with Crippen LogP contribution in [-0.4, -0.2) is 105 Å². The quantitative estimate of drug-likeness (QED) is 0.0311. The first-order valence-electron chi connectivity index (χ1n) is 20.2. The van der Waals surface area contributed by atoms with E-state index in [1.807, 2.05) is 60.7 Å². The minimum absolute atomic E-state index is 0.132. The smallest absolute Gasteiger partial charge is 0.255 e. The number of phenolic OH excluding ortho intramolecular Hbond substituents is 1. The van der Waals surface area contributed by atoms with Crippen molar-refractivity contribution < 1.29 is 43.2 Å². The van der Waals surface area contributed by atoms with E-state index in [-0.39, 0.29) is 42.9 Å². The molecule has 2 heterocycles. The number of hydrogen-bond acceptors (Lipinski definition) is 10. The highest BCUT2D eigenvalue weighted by atomic mass is 35.5. The number of nitrogens with one attached hydrogen (secondary N) is 3. The summed E-state index contributed by atoms with van der Waals surface area (Å²) >= 11 is 6.27. The van der Waals surface area contributed by atoms with Crippen LogP contribution >= 0.6 is 11.6 Å². The molecule has 0 aromatic heterocycles. The van der Waals surface area contributed by atoms with Gasteiger partial charge in [-0.2, -0.15) is 0 Å². The van der Waals surface area contributed by atoms with Gasteiger partial charge in [0.2, 0.25) is 17.7 Å². The average Bonchev–Trinajstić information content (AvgIpc) is 3.60. The van der Waals surface area contributed by atoms with Crippen LogP contribution in [0.1, 0.15) is 58.3 Å². The van der Waals surface area contributed by atoms with Crippen molar-refractivity contribution in [1.29, 1.82) is 0 Å². The Morgan fingerprint density at radius 2 is 1.43 bits per heavy atom. The number of amides is 4. The number of hydrogen-bond donors (Lipinski definition) is 4. The maximum absolute atomic E-state index is 13.0. The number of carbonyl (C=O) groups is 4. The summed E-state index contributed by atoms with van der Waals surface area (Å²) in [5, 5.41) is 18.4. The number of imide groups is 1. The van der Waals surface area contributed by atoms with E-state index in [1.165, 1.54) is 4.90 Å². The Labute approximate surface area is 355 Å². The molecule has 0 spiro atoms. The van der Waals surface area contributed by atoms with E-state index in [0.717, 1.165) is 39.1 Å². The number of carbonyl (C=O) groups excluding carboxylic acids is 4. The molecule has 0 radical (unpaired) electrons. The number of fused-ring (bicyclic) bond motifs is 1. The number of piperidine rings is 1. The van der Waals surface area contributed by atoms with Gasteiger partial charge in [-0.1, -0.05) is 60.7 Å². The lowest BCUT2D eigenvalue weighted by Gasteiger charge is -2.29. The molecule has 14 heteroatoms. The second-order valence-electron chi connectivity index (χ2n) is 14.2. The van der Waals surface area contributed by atoms with Crippen LogP contribution in [0.2, 0.25) is 0 Å². The van der Waals surface area contributed by atoms with Crippen molar-refractivity contribution >= 4 is 52.1 Å². The van der Waals surface area contributed by atoms with Crippen molar-refractivity contribution in [2.45, 2.75) is 38.3 Å². The molecule has 4 N–H and O–H groups in total. The van der Waals surface area contributed by atoms with Gasteiger partial charge in [0.05, 0.1) is 46.2 Å². The normalized spacial score (nSPS) is 15.3. The van der Waals surface area contributed by atoms with Crippen LogP contribution in [0.15, 0.2) is 97.1 Å². The molecule has 0 bridgehead atoms. The first-order valence-corrected chi connectivity index (χ1v) is 20.7. The highest BCUT2D eigenvalue weighted by Gasteiger charge is 2.39. The number of ether oxygens (including phenoxy) is 4. The lowest BCUT2D eigenvalue weighted by atomic mass is 9.88. The Morgan fingerprint density at radius 1 is 0.750 bits per heavy atom. The molecular formula is C46H51ClN4O9. The Hall–Kier alpha value is -5.73. The number of aromatic hydroxyl groups is 1. The van der Waals surface area contributed by atoms with E-state index < -0.39 is 11.9 Å². The van der Waals surface area contributed by atoms with E-state index in [0.29, 0.717) is 89.3 Å². The third kappa shape index (κ3) is 12.2. The van der Waals surface area contributed by atoms with Crippen LogP contribution in [0.25, 0.3) is 11.1 Å². The second-order valence-corrected chi connectivity index (χ2v) is 14.6. The molecule has 1 unspecified atom stereocenters. The molecule has 1 atom stereocenters. The van der Waals surface area contributed by atoms with Crippen LogP contribution in [0.5, 0.6) is 11.5 Å². The van der Waals surface area contributed by atoms with Crippen molar-refractivity contribution in [1.82, 2.24) is 15.5 Å². The predicted octanol–water partition coefficient (Wildman–Crippen LogP) is 5.79. The minimum atomic E-state index is -0.655. The van der Waals surface area contributed by atoms with Crippen LogP contribution in [0.3, 0.4) is 0 Å². The number of phenols is 1. The maximum atomic E-state index is 13.0. The van der Waals surface area contributed by atoms with Gasteiger partial charge in [0.25, 0.3) is 5.91 Å². The lowest BCUT2D eigenvalue weighted by molar-refractivity contribution is -0.137. The zero-order chi connectivity index (χ0) is 42.1. The molecule has 4 aromatic carbocycles. The van der Waals surface area contributed by atoms with Gasteiger partial charge in [-0.25, -0.2) is 0 Å². The highest BCUT2D eigenvalue weighted by molar-refractivity contribution is 6.18. The fraction of sp³-hybridized carbons (Fsp3) is 0.348. The summed E-state index contributed by atoms with van der Waals surface area (Å²) in [5.74, 6) is 0.249. The van der Waals surface area contributed by atoms with E-state index in [2.05, 4.69) is 28.1 Å². The maximum Gasteiger partial charge on any atom is 0.255 e. The van der Waals surface area contributed by atoms with Gasteiger partial charge in [-0.3, -0.25) is 24.5 Å². The number of allylic oxidation sites excluding steroid dienone is 1. The fourth-order valence-corrected chi connectivity index (χ4v) is 7.36. The number of nitrogens with zero attached hydrogens (tertiary/aromatic N) is 1. The minimum Gasteiger partial charge on any atom is -0.508 e. The van der Waals surface area contributed by atoms with Gasteiger partial charge in [0.1, 0.15) is 24.1 Å². The summed E-state index contributed by atoms with van der Waals surface area (Å²) in [6.07, 6.45) is 1.42. The molecule has 4 aromatic rings. The zero-order valence-corrected chi connectivity index (χ0v) is 34.2. The number of rotatable bonds is 23. The van der Waals surface area contributed by atoms with Gasteiger partial charge >= 0.3 is 0 Å². The molecule has 4 amide bonds. The Balaban J connectivity index is 0.809. The van der Waals surface area contributed by atoms with Crippen LogP contribution in [0.4, 0.5) is 5.69 Å². The molecule has 1 saturated heterocycles. The molecule has 0 saturated carbocycles. The molecule has 60 heavy (non-hydrogen) atoms. The summed E-state index contributed by atoms with van der Waals surface area (Å²) in [6, 6.07) is 29.9. The summed E-state index contributed by atoms with van der Waals surface area (Å²) in [5.41, 5.74) is 7.36. The van der Waals surface area contributed by atoms with E-state index in [9.17, 15) is 24.3 Å². The van der Waals surface area contributed by atoms with Gasteiger partial charge in [0.15, 0.2) is 0 Å². The highest BCUT2D eigenvalue weighted by Crippen LogP contribution is 2.36. The summed E-state index contributed by atoms with van der Waals surface area (Å²) in [6.45, 7) is 3.67. The Kier molecular flexibility index (Phi) is 16.5. The zero-order valence-electron chi connectivity index (χ0n) is 33.5. The van der Waals surface area contributed by atoms with Gasteiger partial charge in [0, 0.05) is 48.6 Å². The molecule has 13 nitrogen and oxygen atoms in total. The third-order valence-electron chi connectivity index (χ3n) is 10.1. The number of halogens is 1. The predicted molar refractivity (Wildman–Crippen MR) is 229 cm³/mol. The van der Waals surface area contributed by atoms with Crippen molar-refractivity contribution in [2.24, 2.45) is 0 Å². The Bertz CT molecular complexity index is 2100. The van der Waals surface area contributed by atoms with Crippen molar-refractivity contribution in [2.75, 3.05) is 70.5 Å². The van der Waals surface area contributed by atoms with Crippen molar-refractivity contribution in [3.05, 3.63) is 125 Å². The molecule has 2 aliphatic heterocycles. The average molecular weight is 839 g/mol. The molecular weight excluding hydrogens is 788 g/mol. The third-order valence-corrected chi connectivity index (χ3v) is 10.3. The second kappa shape index (κ2) is 22.6. The number of benzene rings is 4. The SMILES string of the molecule is O=C(CCOCCOCCOCCNc1cccc2c1CN(C1CCC(=O)NC1=O)C2=O)NCCOc1ccc(C(=C(CCCl)c2ccccc2)c2ccc(O)cc2)cc1. The first kappa shape index (κ1) is 43.8. The molecule has 2 aliphatic rings. The standard InChI is InChI=1S/C46H51ClN4O9/c47-21-19-37(32-5-2-1-3-6-32)44(33-9-13-35(52)14-10-33)34-11-15-36(16-12-34)60-26-23-49-42(53)20-24-57-27-29-59-30-28-58-25-22-48-40-8-4-7-38-39(40)31-51(46(38)56)41-17-18-43(54)50-45(41)55/h1-16,41,48,52H,17-31H2,(H,49,53)(H,50,54,55). The van der Waals surface area contributed by atoms with Crippen LogP contribution < -0.4 is 20.7 Å². The molecule has 1 fully saturated rings. The number of alkyl halides is 1.